The highest BCUT2D eigenvalue weighted by molar-refractivity contribution is 5.35. The summed E-state index contributed by atoms with van der Waals surface area (Å²) in [5.41, 5.74) is 3.12. The van der Waals surface area contributed by atoms with Gasteiger partial charge in [-0.1, -0.05) is 60.7 Å². The molecule has 3 rings (SSSR count). The summed E-state index contributed by atoms with van der Waals surface area (Å²) in [5, 5.41) is 0. The van der Waals surface area contributed by atoms with Gasteiger partial charge in [-0.15, -0.1) is 0 Å². The van der Waals surface area contributed by atoms with Crippen molar-refractivity contribution in [2.45, 2.75) is 20.1 Å². The molecule has 2 aromatic carbocycles. The molecule has 3 nitrogen and oxygen atoms in total. The van der Waals surface area contributed by atoms with Gasteiger partial charge < -0.3 is 9.47 Å². The Morgan fingerprint density at radius 2 is 1.26 bits per heavy atom. The third-order valence-electron chi connectivity index (χ3n) is 3.42. The fourth-order valence-corrected chi connectivity index (χ4v) is 2.19. The van der Waals surface area contributed by atoms with Gasteiger partial charge in [0.2, 0.25) is 0 Å². The Kier molecular flexibility index (Phi) is 4.89. The Hall–Kier alpha value is -2.81. The van der Waals surface area contributed by atoms with E-state index in [-0.39, 0.29) is 0 Å². The summed E-state index contributed by atoms with van der Waals surface area (Å²) in [6.45, 7) is 2.91. The van der Waals surface area contributed by atoms with E-state index in [1.165, 1.54) is 0 Å². The Morgan fingerprint density at radius 1 is 0.696 bits per heavy atom. The molecule has 1 heterocycles. The van der Waals surface area contributed by atoms with Crippen LogP contribution in [0.2, 0.25) is 0 Å². The van der Waals surface area contributed by atoms with Crippen LogP contribution in [0.1, 0.15) is 16.8 Å². The van der Waals surface area contributed by atoms with Crippen molar-refractivity contribution >= 4 is 0 Å². The van der Waals surface area contributed by atoms with Crippen molar-refractivity contribution in [1.29, 1.82) is 0 Å². The van der Waals surface area contributed by atoms with Gasteiger partial charge in [0, 0.05) is 5.69 Å². The molecule has 1 aromatic heterocycles. The summed E-state index contributed by atoms with van der Waals surface area (Å²) < 4.78 is 11.7. The van der Waals surface area contributed by atoms with Gasteiger partial charge in [0.25, 0.3) is 5.88 Å². The van der Waals surface area contributed by atoms with Crippen LogP contribution in [0.5, 0.6) is 11.6 Å². The standard InChI is InChI=1S/C20H19NO2/c1-16-12-13-19(22-14-17-8-4-2-5-9-17)20(21-16)23-15-18-10-6-3-7-11-18/h2-13H,14-15H2,1H3. The maximum absolute atomic E-state index is 5.88. The molecule has 0 atom stereocenters. The van der Waals surface area contributed by atoms with E-state index in [9.17, 15) is 0 Å². The number of hydrogen-bond donors (Lipinski definition) is 0. The Labute approximate surface area is 136 Å². The lowest BCUT2D eigenvalue weighted by Crippen LogP contribution is -2.02. The van der Waals surface area contributed by atoms with E-state index in [4.69, 9.17) is 9.47 Å². The first-order valence-corrected chi connectivity index (χ1v) is 7.62. The summed E-state index contributed by atoms with van der Waals surface area (Å²) in [7, 11) is 0. The van der Waals surface area contributed by atoms with Crippen LogP contribution in [0.3, 0.4) is 0 Å². The first-order valence-electron chi connectivity index (χ1n) is 7.62. The minimum absolute atomic E-state index is 0.471. The topological polar surface area (TPSA) is 31.4 Å². The number of benzene rings is 2. The summed E-state index contributed by atoms with van der Waals surface area (Å²) >= 11 is 0. The number of aryl methyl sites for hydroxylation is 1. The molecule has 0 aliphatic rings. The summed E-state index contributed by atoms with van der Waals surface area (Å²) in [6.07, 6.45) is 0. The first kappa shape index (κ1) is 15.1. The molecule has 0 spiro atoms. The van der Waals surface area contributed by atoms with Gasteiger partial charge in [0.05, 0.1) is 0 Å². The second-order valence-electron chi connectivity index (χ2n) is 5.30. The molecule has 0 unspecified atom stereocenters. The SMILES string of the molecule is Cc1ccc(OCc2ccccc2)c(OCc2ccccc2)n1. The molecule has 0 fully saturated rings. The number of nitrogens with zero attached hydrogens (tertiary/aromatic N) is 1. The van der Waals surface area contributed by atoms with Crippen LogP contribution in [0.15, 0.2) is 72.8 Å². The van der Waals surface area contributed by atoms with E-state index in [1.807, 2.05) is 79.7 Å². The lowest BCUT2D eigenvalue weighted by Gasteiger charge is -2.12. The van der Waals surface area contributed by atoms with Gasteiger partial charge in [-0.2, -0.15) is 0 Å². The number of rotatable bonds is 6. The highest BCUT2D eigenvalue weighted by Gasteiger charge is 2.08. The van der Waals surface area contributed by atoms with E-state index in [2.05, 4.69) is 4.98 Å². The fraction of sp³-hybridized carbons (Fsp3) is 0.150. The number of hydrogen-bond acceptors (Lipinski definition) is 3. The Morgan fingerprint density at radius 3 is 1.87 bits per heavy atom. The largest absolute Gasteiger partial charge is 0.483 e. The van der Waals surface area contributed by atoms with E-state index in [1.54, 1.807) is 0 Å². The highest BCUT2D eigenvalue weighted by atomic mass is 16.5. The minimum atomic E-state index is 0.471. The predicted octanol–water partition coefficient (Wildman–Crippen LogP) is 4.55. The van der Waals surface area contributed by atoms with Crippen molar-refractivity contribution in [3.8, 4) is 11.6 Å². The molecule has 0 N–H and O–H groups in total. The van der Waals surface area contributed by atoms with Crippen molar-refractivity contribution in [3.05, 3.63) is 89.6 Å². The molecule has 0 bridgehead atoms. The summed E-state index contributed by atoms with van der Waals surface area (Å²) in [6, 6.07) is 23.9. The first-order chi connectivity index (χ1) is 11.3. The second-order valence-corrected chi connectivity index (χ2v) is 5.30. The van der Waals surface area contributed by atoms with Crippen LogP contribution in [0, 0.1) is 6.92 Å². The number of ether oxygens (including phenoxy) is 2. The smallest absolute Gasteiger partial charge is 0.257 e. The Balaban J connectivity index is 1.70. The molecule has 3 aromatic rings. The van der Waals surface area contributed by atoms with Crippen molar-refractivity contribution < 1.29 is 9.47 Å². The van der Waals surface area contributed by atoms with Gasteiger partial charge in [-0.25, -0.2) is 4.98 Å². The maximum atomic E-state index is 5.88. The van der Waals surface area contributed by atoms with Gasteiger partial charge in [0.1, 0.15) is 13.2 Å². The Bertz CT molecular complexity index is 742. The van der Waals surface area contributed by atoms with Gasteiger partial charge in [0.15, 0.2) is 5.75 Å². The zero-order valence-corrected chi connectivity index (χ0v) is 13.1. The minimum Gasteiger partial charge on any atom is -0.483 e. The lowest BCUT2D eigenvalue weighted by molar-refractivity contribution is 0.246. The van der Waals surface area contributed by atoms with Crippen molar-refractivity contribution in [2.75, 3.05) is 0 Å². The molecule has 116 valence electrons. The third-order valence-corrected chi connectivity index (χ3v) is 3.42. The van der Waals surface area contributed by atoms with Gasteiger partial charge in [-0.3, -0.25) is 0 Å². The van der Waals surface area contributed by atoms with Crippen molar-refractivity contribution in [2.24, 2.45) is 0 Å². The van der Waals surface area contributed by atoms with Crippen LogP contribution < -0.4 is 9.47 Å². The van der Waals surface area contributed by atoms with Crippen molar-refractivity contribution in [3.63, 3.8) is 0 Å². The molecular formula is C20H19NO2. The maximum Gasteiger partial charge on any atom is 0.257 e. The molecule has 0 amide bonds. The predicted molar refractivity (Wildman–Crippen MR) is 90.5 cm³/mol. The molecule has 0 saturated carbocycles. The normalized spacial score (nSPS) is 10.3. The van der Waals surface area contributed by atoms with Crippen LogP contribution in [-0.2, 0) is 13.2 Å². The molecule has 0 aliphatic heterocycles. The highest BCUT2D eigenvalue weighted by Crippen LogP contribution is 2.26. The van der Waals surface area contributed by atoms with Crippen LogP contribution in [0.4, 0.5) is 0 Å². The molecular weight excluding hydrogens is 286 g/mol. The van der Waals surface area contributed by atoms with Crippen LogP contribution in [0.25, 0.3) is 0 Å². The zero-order valence-electron chi connectivity index (χ0n) is 13.1. The third kappa shape index (κ3) is 4.33. The fourth-order valence-electron chi connectivity index (χ4n) is 2.19. The van der Waals surface area contributed by atoms with Gasteiger partial charge >= 0.3 is 0 Å². The van der Waals surface area contributed by atoms with Crippen LogP contribution in [-0.4, -0.2) is 4.98 Å². The van der Waals surface area contributed by atoms with E-state index in [0.29, 0.717) is 24.8 Å². The average molecular weight is 305 g/mol. The number of pyridine rings is 1. The lowest BCUT2D eigenvalue weighted by atomic mass is 10.2. The van der Waals surface area contributed by atoms with E-state index < -0.39 is 0 Å². The van der Waals surface area contributed by atoms with Gasteiger partial charge in [-0.05, 0) is 30.2 Å². The zero-order chi connectivity index (χ0) is 15.9. The average Bonchev–Trinajstić information content (AvgIpc) is 2.61. The molecule has 23 heavy (non-hydrogen) atoms. The second kappa shape index (κ2) is 7.45. The monoisotopic (exact) mass is 305 g/mol. The number of aromatic nitrogens is 1. The molecule has 0 radical (unpaired) electrons. The quantitative estimate of drug-likeness (QED) is 0.669. The van der Waals surface area contributed by atoms with E-state index >= 15 is 0 Å². The van der Waals surface area contributed by atoms with Crippen molar-refractivity contribution in [1.82, 2.24) is 4.98 Å². The molecule has 0 aliphatic carbocycles. The summed E-state index contributed by atoms with van der Waals surface area (Å²) in [4.78, 5) is 4.45. The van der Waals surface area contributed by atoms with Crippen LogP contribution >= 0.6 is 0 Å². The van der Waals surface area contributed by atoms with E-state index in [0.717, 1.165) is 16.8 Å². The summed E-state index contributed by atoms with van der Waals surface area (Å²) in [5.74, 6) is 1.19. The molecule has 3 heteroatoms. The molecule has 0 saturated heterocycles.